The minimum atomic E-state index is -0.356. The number of nitrogens with two attached hydrogens (primary N) is 1. The Morgan fingerprint density at radius 2 is 2.11 bits per heavy atom. The van der Waals surface area contributed by atoms with Gasteiger partial charge in [0.25, 0.3) is 0 Å². The molecule has 1 heterocycles. The van der Waals surface area contributed by atoms with E-state index in [4.69, 9.17) is 10.5 Å². The highest BCUT2D eigenvalue weighted by molar-refractivity contribution is 5.81. The zero-order chi connectivity index (χ0) is 14.3. The van der Waals surface area contributed by atoms with Gasteiger partial charge >= 0.3 is 0 Å². The van der Waals surface area contributed by atoms with Crippen molar-refractivity contribution in [3.8, 4) is 0 Å². The summed E-state index contributed by atoms with van der Waals surface area (Å²) in [5.41, 5.74) is 5.99. The van der Waals surface area contributed by atoms with Crippen LogP contribution in [-0.2, 0) is 9.53 Å². The smallest absolute Gasteiger partial charge is 0.239 e. The van der Waals surface area contributed by atoms with Crippen molar-refractivity contribution in [3.05, 3.63) is 0 Å². The Morgan fingerprint density at radius 3 is 2.74 bits per heavy atom. The zero-order valence-electron chi connectivity index (χ0n) is 12.7. The van der Waals surface area contributed by atoms with Gasteiger partial charge in [-0.05, 0) is 43.9 Å². The maximum absolute atomic E-state index is 12.3. The minimum absolute atomic E-state index is 0.125. The maximum Gasteiger partial charge on any atom is 0.239 e. The van der Waals surface area contributed by atoms with Gasteiger partial charge in [0.2, 0.25) is 5.91 Å². The molecule has 0 radical (unpaired) electrons. The van der Waals surface area contributed by atoms with Gasteiger partial charge in [-0.1, -0.05) is 13.8 Å². The number of rotatable bonds is 6. The number of carbonyl (C=O) groups is 1. The highest BCUT2D eigenvalue weighted by atomic mass is 16.5. The summed E-state index contributed by atoms with van der Waals surface area (Å²) in [4.78, 5) is 14.3. The van der Waals surface area contributed by atoms with E-state index < -0.39 is 0 Å². The highest BCUT2D eigenvalue weighted by Crippen LogP contribution is 2.24. The Balaban J connectivity index is 2.39. The summed E-state index contributed by atoms with van der Waals surface area (Å²) in [5.74, 6) is 1.59. The topological polar surface area (TPSA) is 55.6 Å². The standard InChI is InChI=1S/C15H30N2O2/c1-12(2)13-6-4-9-17(10-8-13)15(18)14(16)7-5-11-19-3/h12-14H,4-11,16H2,1-3H3. The van der Waals surface area contributed by atoms with E-state index in [2.05, 4.69) is 13.8 Å². The second-order valence-electron chi connectivity index (χ2n) is 6.00. The quantitative estimate of drug-likeness (QED) is 0.751. The van der Waals surface area contributed by atoms with Crippen molar-refractivity contribution in [2.75, 3.05) is 26.8 Å². The van der Waals surface area contributed by atoms with Gasteiger partial charge in [0.15, 0.2) is 0 Å². The number of nitrogens with zero attached hydrogens (tertiary/aromatic N) is 1. The molecule has 1 aliphatic rings. The molecule has 2 unspecified atom stereocenters. The fraction of sp³-hybridized carbons (Fsp3) is 0.933. The summed E-state index contributed by atoms with van der Waals surface area (Å²) in [5, 5.41) is 0. The molecule has 0 bridgehead atoms. The Kier molecular flexibility index (Phi) is 7.39. The van der Waals surface area contributed by atoms with Gasteiger partial charge in [-0.2, -0.15) is 0 Å². The highest BCUT2D eigenvalue weighted by Gasteiger charge is 2.25. The molecule has 2 atom stereocenters. The lowest BCUT2D eigenvalue weighted by Crippen LogP contribution is -2.44. The average molecular weight is 270 g/mol. The van der Waals surface area contributed by atoms with Gasteiger partial charge in [-0.25, -0.2) is 0 Å². The summed E-state index contributed by atoms with van der Waals surface area (Å²) in [6.07, 6.45) is 5.04. The van der Waals surface area contributed by atoms with Crippen molar-refractivity contribution in [2.24, 2.45) is 17.6 Å². The van der Waals surface area contributed by atoms with Crippen LogP contribution in [0, 0.1) is 11.8 Å². The molecule has 0 spiro atoms. The van der Waals surface area contributed by atoms with Crippen molar-refractivity contribution in [1.82, 2.24) is 4.90 Å². The predicted octanol–water partition coefficient (Wildman–Crippen LogP) is 2.02. The maximum atomic E-state index is 12.3. The van der Waals surface area contributed by atoms with Gasteiger partial charge in [0.05, 0.1) is 6.04 Å². The first-order chi connectivity index (χ1) is 9.06. The first-order valence-electron chi connectivity index (χ1n) is 7.59. The molecule has 0 aliphatic carbocycles. The first kappa shape index (κ1) is 16.4. The molecule has 4 heteroatoms. The van der Waals surface area contributed by atoms with Crippen LogP contribution >= 0.6 is 0 Å². The van der Waals surface area contributed by atoms with Crippen LogP contribution < -0.4 is 5.73 Å². The lowest BCUT2D eigenvalue weighted by molar-refractivity contribution is -0.132. The largest absolute Gasteiger partial charge is 0.385 e. The van der Waals surface area contributed by atoms with Crippen molar-refractivity contribution in [3.63, 3.8) is 0 Å². The summed E-state index contributed by atoms with van der Waals surface area (Å²) < 4.78 is 5.00. The molecule has 1 aliphatic heterocycles. The fourth-order valence-electron chi connectivity index (χ4n) is 2.81. The number of amides is 1. The van der Waals surface area contributed by atoms with Crippen LogP contribution in [0.2, 0.25) is 0 Å². The van der Waals surface area contributed by atoms with Gasteiger partial charge in [-0.3, -0.25) is 4.79 Å². The molecule has 1 fully saturated rings. The van der Waals surface area contributed by atoms with E-state index in [0.717, 1.165) is 44.7 Å². The summed E-state index contributed by atoms with van der Waals surface area (Å²) >= 11 is 0. The molecule has 1 rings (SSSR count). The molecule has 2 N–H and O–H groups in total. The Labute approximate surface area is 117 Å². The van der Waals surface area contributed by atoms with Crippen LogP contribution in [0.15, 0.2) is 0 Å². The summed E-state index contributed by atoms with van der Waals surface area (Å²) in [7, 11) is 1.67. The lowest BCUT2D eigenvalue weighted by atomic mass is 9.89. The molecule has 4 nitrogen and oxygen atoms in total. The predicted molar refractivity (Wildman–Crippen MR) is 77.8 cm³/mol. The molecular weight excluding hydrogens is 240 g/mol. The fourth-order valence-corrected chi connectivity index (χ4v) is 2.81. The summed E-state index contributed by atoms with van der Waals surface area (Å²) in [6, 6.07) is -0.356. The molecular formula is C15H30N2O2. The normalized spacial score (nSPS) is 22.4. The van der Waals surface area contributed by atoms with Crippen LogP contribution in [-0.4, -0.2) is 43.7 Å². The van der Waals surface area contributed by atoms with E-state index in [9.17, 15) is 4.79 Å². The molecule has 0 aromatic rings. The lowest BCUT2D eigenvalue weighted by Gasteiger charge is -2.24. The number of hydrogen-bond acceptors (Lipinski definition) is 3. The summed E-state index contributed by atoms with van der Waals surface area (Å²) in [6.45, 7) is 6.98. The number of methoxy groups -OCH3 is 1. The second-order valence-corrected chi connectivity index (χ2v) is 6.00. The van der Waals surface area contributed by atoms with Crippen LogP contribution in [0.4, 0.5) is 0 Å². The van der Waals surface area contributed by atoms with E-state index >= 15 is 0 Å². The minimum Gasteiger partial charge on any atom is -0.385 e. The van der Waals surface area contributed by atoms with Crippen molar-refractivity contribution in [2.45, 2.75) is 52.0 Å². The van der Waals surface area contributed by atoms with Crippen molar-refractivity contribution < 1.29 is 9.53 Å². The van der Waals surface area contributed by atoms with Crippen LogP contribution in [0.25, 0.3) is 0 Å². The molecule has 0 aromatic carbocycles. The van der Waals surface area contributed by atoms with E-state index in [-0.39, 0.29) is 11.9 Å². The molecule has 0 saturated carbocycles. The van der Waals surface area contributed by atoms with Crippen molar-refractivity contribution >= 4 is 5.91 Å². The number of carbonyl (C=O) groups excluding carboxylic acids is 1. The van der Waals surface area contributed by atoms with Crippen molar-refractivity contribution in [1.29, 1.82) is 0 Å². The van der Waals surface area contributed by atoms with Crippen LogP contribution in [0.5, 0.6) is 0 Å². The number of ether oxygens (including phenoxy) is 1. The molecule has 0 aromatic heterocycles. The molecule has 19 heavy (non-hydrogen) atoms. The number of hydrogen-bond donors (Lipinski definition) is 1. The first-order valence-corrected chi connectivity index (χ1v) is 7.59. The molecule has 112 valence electrons. The third-order valence-electron chi connectivity index (χ3n) is 4.21. The zero-order valence-corrected chi connectivity index (χ0v) is 12.7. The molecule has 1 saturated heterocycles. The monoisotopic (exact) mass is 270 g/mol. The van der Waals surface area contributed by atoms with Crippen LogP contribution in [0.1, 0.15) is 46.0 Å². The van der Waals surface area contributed by atoms with E-state index in [1.165, 1.54) is 6.42 Å². The van der Waals surface area contributed by atoms with E-state index in [1.54, 1.807) is 7.11 Å². The Bertz CT molecular complexity index is 269. The Morgan fingerprint density at radius 1 is 1.37 bits per heavy atom. The van der Waals surface area contributed by atoms with Crippen LogP contribution in [0.3, 0.4) is 0 Å². The van der Waals surface area contributed by atoms with Gasteiger partial charge in [0.1, 0.15) is 0 Å². The van der Waals surface area contributed by atoms with Gasteiger partial charge < -0.3 is 15.4 Å². The molecule has 1 amide bonds. The second kappa shape index (κ2) is 8.54. The average Bonchev–Trinajstić information content (AvgIpc) is 2.63. The van der Waals surface area contributed by atoms with E-state index in [0.29, 0.717) is 12.5 Å². The SMILES string of the molecule is COCCCC(N)C(=O)N1CCCC(C(C)C)CC1. The number of likely N-dealkylation sites (tertiary alicyclic amines) is 1. The third-order valence-corrected chi connectivity index (χ3v) is 4.21. The van der Waals surface area contributed by atoms with Gasteiger partial charge in [0, 0.05) is 26.8 Å². The Hall–Kier alpha value is -0.610. The third kappa shape index (κ3) is 5.49. The van der Waals surface area contributed by atoms with Gasteiger partial charge in [-0.15, -0.1) is 0 Å². The van der Waals surface area contributed by atoms with E-state index in [1.807, 2.05) is 4.90 Å².